The van der Waals surface area contributed by atoms with Crippen LogP contribution in [0.3, 0.4) is 0 Å². The molecule has 0 aromatic heterocycles. The largest absolute Gasteiger partial charge is 0.497 e. The first kappa shape index (κ1) is 16.7. The van der Waals surface area contributed by atoms with Crippen molar-refractivity contribution in [3.63, 3.8) is 0 Å². The molecule has 23 heavy (non-hydrogen) atoms. The second-order valence-corrected chi connectivity index (χ2v) is 5.11. The molecule has 2 aromatic carbocycles. The summed E-state index contributed by atoms with van der Waals surface area (Å²) in [5, 5.41) is 2.88. The summed E-state index contributed by atoms with van der Waals surface area (Å²) in [5.41, 5.74) is 2.45. The Balaban J connectivity index is 2.18. The maximum Gasteiger partial charge on any atom is 0.229 e. The minimum absolute atomic E-state index is 0.152. The zero-order valence-electron chi connectivity index (χ0n) is 13.8. The van der Waals surface area contributed by atoms with Gasteiger partial charge >= 0.3 is 0 Å². The molecule has 0 saturated heterocycles. The minimum atomic E-state index is -0.152. The number of ether oxygens (including phenoxy) is 3. The zero-order valence-corrected chi connectivity index (χ0v) is 13.8. The molecule has 0 aliphatic rings. The highest BCUT2D eigenvalue weighted by Gasteiger charge is 2.12. The molecule has 0 heterocycles. The van der Waals surface area contributed by atoms with Gasteiger partial charge in [-0.3, -0.25) is 4.79 Å². The Hall–Kier alpha value is -2.69. The summed E-state index contributed by atoms with van der Waals surface area (Å²) in [5.74, 6) is 1.81. The van der Waals surface area contributed by atoms with E-state index in [9.17, 15) is 4.79 Å². The second-order valence-electron chi connectivity index (χ2n) is 5.11. The summed E-state index contributed by atoms with van der Waals surface area (Å²) in [6.45, 7) is 1.96. The van der Waals surface area contributed by atoms with Crippen LogP contribution >= 0.6 is 0 Å². The average molecular weight is 315 g/mol. The second kappa shape index (κ2) is 7.54. The number of methoxy groups -OCH3 is 3. The van der Waals surface area contributed by atoms with E-state index in [1.165, 1.54) is 0 Å². The maximum atomic E-state index is 12.4. The van der Waals surface area contributed by atoms with Crippen LogP contribution < -0.4 is 19.5 Å². The zero-order chi connectivity index (χ0) is 16.8. The number of benzene rings is 2. The van der Waals surface area contributed by atoms with Gasteiger partial charge in [-0.05, 0) is 42.8 Å². The van der Waals surface area contributed by atoms with Gasteiger partial charge in [-0.25, -0.2) is 0 Å². The van der Waals surface area contributed by atoms with Crippen molar-refractivity contribution in [1.29, 1.82) is 0 Å². The van der Waals surface area contributed by atoms with Crippen molar-refractivity contribution < 1.29 is 19.0 Å². The lowest BCUT2D eigenvalue weighted by Crippen LogP contribution is -2.15. The lowest BCUT2D eigenvalue weighted by atomic mass is 10.1. The minimum Gasteiger partial charge on any atom is -0.497 e. The summed E-state index contributed by atoms with van der Waals surface area (Å²) in [7, 11) is 4.74. The Morgan fingerprint density at radius 3 is 2.30 bits per heavy atom. The van der Waals surface area contributed by atoms with E-state index < -0.39 is 0 Å². The molecule has 2 aromatic rings. The Labute approximate surface area is 136 Å². The van der Waals surface area contributed by atoms with E-state index in [1.54, 1.807) is 39.5 Å². The summed E-state index contributed by atoms with van der Waals surface area (Å²) < 4.78 is 15.8. The van der Waals surface area contributed by atoms with Crippen LogP contribution in [0.15, 0.2) is 36.4 Å². The number of hydrogen-bond acceptors (Lipinski definition) is 4. The Morgan fingerprint density at radius 1 is 0.957 bits per heavy atom. The molecule has 5 nitrogen and oxygen atoms in total. The van der Waals surface area contributed by atoms with Crippen molar-refractivity contribution in [2.24, 2.45) is 0 Å². The fourth-order valence-electron chi connectivity index (χ4n) is 2.31. The molecular formula is C18H21NO4. The summed E-state index contributed by atoms with van der Waals surface area (Å²) >= 11 is 0. The van der Waals surface area contributed by atoms with Crippen molar-refractivity contribution in [3.05, 3.63) is 47.5 Å². The molecule has 0 unspecified atom stereocenters. The van der Waals surface area contributed by atoms with Crippen molar-refractivity contribution >= 4 is 11.6 Å². The fraction of sp³-hybridized carbons (Fsp3) is 0.278. The monoisotopic (exact) mass is 315 g/mol. The molecule has 2 rings (SSSR count). The smallest absolute Gasteiger partial charge is 0.229 e. The van der Waals surface area contributed by atoms with Gasteiger partial charge in [0.15, 0.2) is 0 Å². The van der Waals surface area contributed by atoms with Gasteiger partial charge in [-0.2, -0.15) is 0 Å². The lowest BCUT2D eigenvalue weighted by Gasteiger charge is -2.13. The molecular weight excluding hydrogens is 294 g/mol. The number of hydrogen-bond donors (Lipinski definition) is 1. The third kappa shape index (κ3) is 4.16. The first-order chi connectivity index (χ1) is 11.1. The molecule has 0 spiro atoms. The van der Waals surface area contributed by atoms with Crippen LogP contribution in [-0.2, 0) is 11.2 Å². The molecule has 5 heteroatoms. The van der Waals surface area contributed by atoms with Gasteiger partial charge in [0, 0.05) is 5.56 Å². The van der Waals surface area contributed by atoms with Crippen LogP contribution in [-0.4, -0.2) is 27.2 Å². The van der Waals surface area contributed by atoms with Crippen molar-refractivity contribution in [1.82, 2.24) is 0 Å². The average Bonchev–Trinajstić information content (AvgIpc) is 2.55. The van der Waals surface area contributed by atoms with Gasteiger partial charge in [0.1, 0.15) is 17.2 Å². The highest BCUT2D eigenvalue weighted by atomic mass is 16.5. The molecule has 0 atom stereocenters. The Bertz CT molecular complexity index is 697. The van der Waals surface area contributed by atoms with Gasteiger partial charge in [0.05, 0.1) is 33.4 Å². The summed E-state index contributed by atoms with van der Waals surface area (Å²) in [6.07, 6.45) is 0.178. The highest BCUT2D eigenvalue weighted by Crippen LogP contribution is 2.27. The van der Waals surface area contributed by atoms with E-state index >= 15 is 0 Å². The third-order valence-electron chi connectivity index (χ3n) is 3.47. The molecule has 1 N–H and O–H groups in total. The highest BCUT2D eigenvalue weighted by molar-refractivity contribution is 5.94. The normalized spacial score (nSPS) is 10.1. The third-order valence-corrected chi connectivity index (χ3v) is 3.47. The van der Waals surface area contributed by atoms with Crippen molar-refractivity contribution in [2.75, 3.05) is 26.6 Å². The molecule has 0 aliphatic carbocycles. The lowest BCUT2D eigenvalue weighted by molar-refractivity contribution is -0.115. The molecule has 0 bridgehead atoms. The van der Waals surface area contributed by atoms with Crippen LogP contribution in [0.4, 0.5) is 5.69 Å². The predicted molar refractivity (Wildman–Crippen MR) is 89.6 cm³/mol. The van der Waals surface area contributed by atoms with Gasteiger partial charge in [0.2, 0.25) is 5.91 Å². The van der Waals surface area contributed by atoms with E-state index in [-0.39, 0.29) is 12.3 Å². The number of rotatable bonds is 6. The fourth-order valence-corrected chi connectivity index (χ4v) is 2.31. The van der Waals surface area contributed by atoms with Crippen LogP contribution in [0.5, 0.6) is 17.2 Å². The van der Waals surface area contributed by atoms with E-state index in [0.717, 1.165) is 11.1 Å². The molecule has 122 valence electrons. The topological polar surface area (TPSA) is 56.8 Å². The first-order valence-electron chi connectivity index (χ1n) is 7.22. The number of carbonyl (C=O) groups is 1. The first-order valence-corrected chi connectivity index (χ1v) is 7.22. The van der Waals surface area contributed by atoms with E-state index in [0.29, 0.717) is 22.9 Å². The number of aryl methyl sites for hydroxylation is 1. The van der Waals surface area contributed by atoms with E-state index in [4.69, 9.17) is 14.2 Å². The van der Waals surface area contributed by atoms with E-state index in [2.05, 4.69) is 5.32 Å². The maximum absolute atomic E-state index is 12.4. The Kier molecular flexibility index (Phi) is 5.46. The SMILES string of the molecule is COc1ccc(OC)c(CC(=O)Nc2cc(C)ccc2OC)c1. The van der Waals surface area contributed by atoms with Gasteiger partial charge < -0.3 is 19.5 Å². The van der Waals surface area contributed by atoms with Crippen molar-refractivity contribution in [3.8, 4) is 17.2 Å². The predicted octanol–water partition coefficient (Wildman–Crippen LogP) is 3.20. The number of carbonyl (C=O) groups excluding carboxylic acids is 1. The van der Waals surface area contributed by atoms with Gasteiger partial charge in [-0.15, -0.1) is 0 Å². The summed E-state index contributed by atoms with van der Waals surface area (Å²) in [6, 6.07) is 11.0. The molecule has 0 aliphatic heterocycles. The molecule has 0 fully saturated rings. The molecule has 0 saturated carbocycles. The standard InChI is InChI=1S/C18H21NO4/c1-12-5-7-17(23-4)15(9-12)19-18(20)11-13-10-14(21-2)6-8-16(13)22-3/h5-10H,11H2,1-4H3,(H,19,20). The van der Waals surface area contributed by atoms with Gasteiger partial charge in [0.25, 0.3) is 0 Å². The number of anilines is 1. The quantitative estimate of drug-likeness (QED) is 0.889. The number of nitrogens with one attached hydrogen (secondary N) is 1. The van der Waals surface area contributed by atoms with Crippen LogP contribution in [0, 0.1) is 6.92 Å². The van der Waals surface area contributed by atoms with Gasteiger partial charge in [-0.1, -0.05) is 6.07 Å². The summed E-state index contributed by atoms with van der Waals surface area (Å²) in [4.78, 5) is 12.4. The van der Waals surface area contributed by atoms with Crippen molar-refractivity contribution in [2.45, 2.75) is 13.3 Å². The van der Waals surface area contributed by atoms with E-state index in [1.807, 2.05) is 25.1 Å². The Morgan fingerprint density at radius 2 is 1.65 bits per heavy atom. The molecule has 1 amide bonds. The van der Waals surface area contributed by atoms with Crippen LogP contribution in [0.2, 0.25) is 0 Å². The molecule has 0 radical (unpaired) electrons. The van der Waals surface area contributed by atoms with Crippen LogP contribution in [0.1, 0.15) is 11.1 Å². The number of amides is 1. The van der Waals surface area contributed by atoms with Crippen LogP contribution in [0.25, 0.3) is 0 Å².